The van der Waals surface area contributed by atoms with Gasteiger partial charge in [-0.3, -0.25) is 9.69 Å². The van der Waals surface area contributed by atoms with Gasteiger partial charge in [0.25, 0.3) is 0 Å². The molecular weight excluding hydrogens is 280 g/mol. The lowest BCUT2D eigenvalue weighted by atomic mass is 10.0. The van der Waals surface area contributed by atoms with Crippen LogP contribution < -0.4 is 4.74 Å². The Hall–Kier alpha value is -1.69. The van der Waals surface area contributed by atoms with Crippen LogP contribution in [-0.2, 0) is 4.79 Å². The Bertz CT molecular complexity index is 468. The van der Waals surface area contributed by atoms with Crippen molar-refractivity contribution in [1.29, 1.82) is 0 Å². The minimum absolute atomic E-state index is 0.0331. The molecule has 118 valence electrons. The first-order chi connectivity index (χ1) is 9.85. The van der Waals surface area contributed by atoms with Crippen LogP contribution in [0.25, 0.3) is 0 Å². The van der Waals surface area contributed by atoms with Gasteiger partial charge in [0.05, 0.1) is 6.42 Å². The second kappa shape index (κ2) is 7.93. The Morgan fingerprint density at radius 1 is 1.38 bits per heavy atom. The lowest BCUT2D eigenvalue weighted by molar-refractivity contribution is -0.138. The third-order valence-corrected chi connectivity index (χ3v) is 3.46. The SMILES string of the molecule is CCN(C(C)CC(=O)O)C(C)c1cccc(OC(F)F)c1. The van der Waals surface area contributed by atoms with Gasteiger partial charge < -0.3 is 9.84 Å². The van der Waals surface area contributed by atoms with E-state index in [-0.39, 0.29) is 24.3 Å². The fourth-order valence-electron chi connectivity index (χ4n) is 2.48. The molecule has 1 rings (SSSR count). The summed E-state index contributed by atoms with van der Waals surface area (Å²) in [6.07, 6.45) is 0.0331. The smallest absolute Gasteiger partial charge is 0.387 e. The zero-order chi connectivity index (χ0) is 16.0. The maximum absolute atomic E-state index is 12.3. The van der Waals surface area contributed by atoms with Crippen LogP contribution in [-0.4, -0.2) is 35.2 Å². The number of hydrogen-bond acceptors (Lipinski definition) is 3. The summed E-state index contributed by atoms with van der Waals surface area (Å²) in [5.41, 5.74) is 0.812. The van der Waals surface area contributed by atoms with E-state index in [0.717, 1.165) is 5.56 Å². The van der Waals surface area contributed by atoms with Crippen molar-refractivity contribution in [2.24, 2.45) is 0 Å². The molecule has 0 bridgehead atoms. The van der Waals surface area contributed by atoms with Gasteiger partial charge >= 0.3 is 12.6 Å². The summed E-state index contributed by atoms with van der Waals surface area (Å²) in [6.45, 7) is 3.50. The molecule has 1 aromatic carbocycles. The normalized spacial score (nSPS) is 14.2. The Morgan fingerprint density at radius 3 is 2.57 bits per heavy atom. The predicted octanol–water partition coefficient (Wildman–Crippen LogP) is 3.53. The Morgan fingerprint density at radius 2 is 2.05 bits per heavy atom. The second-order valence-electron chi connectivity index (χ2n) is 4.90. The fraction of sp³-hybridized carbons (Fsp3) is 0.533. The van der Waals surface area contributed by atoms with Crippen molar-refractivity contribution >= 4 is 5.97 Å². The van der Waals surface area contributed by atoms with E-state index in [9.17, 15) is 13.6 Å². The van der Waals surface area contributed by atoms with E-state index in [0.29, 0.717) is 6.54 Å². The molecule has 1 N–H and O–H groups in total. The minimum atomic E-state index is -2.86. The van der Waals surface area contributed by atoms with E-state index < -0.39 is 12.6 Å². The van der Waals surface area contributed by atoms with Crippen LogP contribution in [0.1, 0.15) is 38.8 Å². The maximum Gasteiger partial charge on any atom is 0.387 e. The molecule has 0 heterocycles. The van der Waals surface area contributed by atoms with Crippen LogP contribution in [0.15, 0.2) is 24.3 Å². The number of carbonyl (C=O) groups is 1. The van der Waals surface area contributed by atoms with Gasteiger partial charge in [0.1, 0.15) is 5.75 Å². The molecule has 2 atom stereocenters. The van der Waals surface area contributed by atoms with Crippen LogP contribution in [0.3, 0.4) is 0 Å². The number of rotatable bonds is 8. The van der Waals surface area contributed by atoms with Crippen LogP contribution in [0.4, 0.5) is 8.78 Å². The van der Waals surface area contributed by atoms with Crippen LogP contribution in [0.5, 0.6) is 5.75 Å². The molecule has 0 aliphatic rings. The molecule has 0 saturated heterocycles. The van der Waals surface area contributed by atoms with Crippen LogP contribution in [0.2, 0.25) is 0 Å². The highest BCUT2D eigenvalue weighted by Crippen LogP contribution is 2.26. The molecule has 6 heteroatoms. The van der Waals surface area contributed by atoms with Gasteiger partial charge in [-0.2, -0.15) is 8.78 Å². The summed E-state index contributed by atoms with van der Waals surface area (Å²) in [7, 11) is 0. The van der Waals surface area contributed by atoms with E-state index in [1.807, 2.05) is 31.7 Å². The van der Waals surface area contributed by atoms with Gasteiger partial charge in [0.2, 0.25) is 0 Å². The zero-order valence-electron chi connectivity index (χ0n) is 12.4. The lowest BCUT2D eigenvalue weighted by Gasteiger charge is -2.33. The van der Waals surface area contributed by atoms with E-state index in [2.05, 4.69) is 4.74 Å². The first-order valence-electron chi connectivity index (χ1n) is 6.87. The Balaban J connectivity index is 2.88. The molecule has 0 amide bonds. The molecule has 1 aromatic rings. The third-order valence-electron chi connectivity index (χ3n) is 3.46. The number of ether oxygens (including phenoxy) is 1. The van der Waals surface area contributed by atoms with Gasteiger partial charge in [0, 0.05) is 12.1 Å². The molecule has 0 radical (unpaired) electrons. The van der Waals surface area contributed by atoms with Crippen molar-refractivity contribution in [3.8, 4) is 5.75 Å². The van der Waals surface area contributed by atoms with Crippen LogP contribution in [0, 0.1) is 0 Å². The Kier molecular flexibility index (Phi) is 6.55. The molecule has 0 aliphatic heterocycles. The number of carboxylic acids is 1. The molecule has 0 saturated carbocycles. The average molecular weight is 301 g/mol. The maximum atomic E-state index is 12.3. The number of nitrogens with zero attached hydrogens (tertiary/aromatic N) is 1. The number of benzene rings is 1. The molecule has 4 nitrogen and oxygen atoms in total. The van der Waals surface area contributed by atoms with E-state index in [1.165, 1.54) is 6.07 Å². The Labute approximate surface area is 123 Å². The summed E-state index contributed by atoms with van der Waals surface area (Å²) in [5, 5.41) is 8.89. The molecule has 0 aromatic heterocycles. The topological polar surface area (TPSA) is 49.8 Å². The number of alkyl halides is 2. The zero-order valence-corrected chi connectivity index (χ0v) is 12.4. The summed E-state index contributed by atoms with van der Waals surface area (Å²) in [5.74, 6) is -0.751. The quantitative estimate of drug-likeness (QED) is 0.798. The van der Waals surface area contributed by atoms with Crippen molar-refractivity contribution in [2.45, 2.75) is 45.9 Å². The van der Waals surface area contributed by atoms with E-state index in [1.54, 1.807) is 12.1 Å². The van der Waals surface area contributed by atoms with Gasteiger partial charge in [0.15, 0.2) is 0 Å². The highest BCUT2D eigenvalue weighted by molar-refractivity contribution is 5.67. The molecule has 2 unspecified atom stereocenters. The van der Waals surface area contributed by atoms with E-state index >= 15 is 0 Å². The van der Waals surface area contributed by atoms with Gasteiger partial charge in [-0.25, -0.2) is 0 Å². The standard InChI is InChI=1S/C15H21F2NO3/c1-4-18(10(2)8-14(19)20)11(3)12-6-5-7-13(9-12)21-15(16)17/h5-7,9-11,15H,4,8H2,1-3H3,(H,19,20). The first kappa shape index (κ1) is 17.4. The van der Waals surface area contributed by atoms with Crippen molar-refractivity contribution in [1.82, 2.24) is 4.90 Å². The third kappa shape index (κ3) is 5.30. The molecule has 0 spiro atoms. The highest BCUT2D eigenvalue weighted by Gasteiger charge is 2.22. The van der Waals surface area contributed by atoms with Gasteiger partial charge in [-0.15, -0.1) is 0 Å². The molecular formula is C15H21F2NO3. The lowest BCUT2D eigenvalue weighted by Crippen LogP contribution is -2.36. The monoisotopic (exact) mass is 301 g/mol. The number of carboxylic acid groups (broad SMARTS) is 1. The number of halogens is 2. The molecule has 0 aliphatic carbocycles. The first-order valence-corrected chi connectivity index (χ1v) is 6.87. The number of aliphatic carboxylic acids is 1. The van der Waals surface area contributed by atoms with Crippen molar-refractivity contribution in [2.75, 3.05) is 6.54 Å². The predicted molar refractivity (Wildman–Crippen MR) is 75.6 cm³/mol. The highest BCUT2D eigenvalue weighted by atomic mass is 19.3. The van der Waals surface area contributed by atoms with Crippen molar-refractivity contribution in [3.05, 3.63) is 29.8 Å². The van der Waals surface area contributed by atoms with Crippen molar-refractivity contribution < 1.29 is 23.4 Å². The van der Waals surface area contributed by atoms with Gasteiger partial charge in [-0.05, 0) is 38.1 Å². The molecule has 0 fully saturated rings. The second-order valence-corrected chi connectivity index (χ2v) is 4.90. The fourth-order valence-corrected chi connectivity index (χ4v) is 2.48. The van der Waals surface area contributed by atoms with Crippen LogP contribution >= 0.6 is 0 Å². The summed E-state index contributed by atoms with van der Waals surface area (Å²) >= 11 is 0. The summed E-state index contributed by atoms with van der Waals surface area (Å²) < 4.78 is 28.9. The average Bonchev–Trinajstić information content (AvgIpc) is 2.38. The minimum Gasteiger partial charge on any atom is -0.481 e. The van der Waals surface area contributed by atoms with Crippen molar-refractivity contribution in [3.63, 3.8) is 0 Å². The summed E-state index contributed by atoms with van der Waals surface area (Å²) in [6, 6.07) is 6.26. The summed E-state index contributed by atoms with van der Waals surface area (Å²) in [4.78, 5) is 12.8. The van der Waals surface area contributed by atoms with E-state index in [4.69, 9.17) is 5.11 Å². The molecule has 21 heavy (non-hydrogen) atoms. The largest absolute Gasteiger partial charge is 0.481 e. The number of hydrogen-bond donors (Lipinski definition) is 1. The van der Waals surface area contributed by atoms with Gasteiger partial charge in [-0.1, -0.05) is 19.1 Å².